The van der Waals surface area contributed by atoms with Gasteiger partial charge >= 0.3 is 11.9 Å². The fourth-order valence-corrected chi connectivity index (χ4v) is 1.40. The fourth-order valence-electron chi connectivity index (χ4n) is 1.23. The first-order chi connectivity index (χ1) is 8.93. The molecule has 1 aromatic rings. The largest absolute Gasteiger partial charge is 0.478 e. The van der Waals surface area contributed by atoms with E-state index in [2.05, 4.69) is 10.1 Å². The van der Waals surface area contributed by atoms with E-state index >= 15 is 0 Å². The number of amides is 1. The molecule has 0 heterocycles. The Morgan fingerprint density at radius 1 is 1.32 bits per heavy atom. The Labute approximate surface area is 113 Å². The number of carboxylic acid groups (broad SMARTS) is 1. The van der Waals surface area contributed by atoms with E-state index in [4.69, 9.17) is 16.7 Å². The number of halogens is 1. The summed E-state index contributed by atoms with van der Waals surface area (Å²) in [5.74, 6) is -2.60. The SMILES string of the molecule is COC(=O)c1ccc(Cl)cc1NC(=O)/C=C/C(=O)O. The fraction of sp³-hybridized carbons (Fsp3) is 0.0833. The van der Waals surface area contributed by atoms with E-state index in [0.717, 1.165) is 6.08 Å². The third-order valence-corrected chi connectivity index (χ3v) is 2.26. The molecule has 6 nitrogen and oxygen atoms in total. The van der Waals surface area contributed by atoms with Gasteiger partial charge in [-0.3, -0.25) is 4.79 Å². The van der Waals surface area contributed by atoms with Crippen molar-refractivity contribution in [2.75, 3.05) is 12.4 Å². The highest BCUT2D eigenvalue weighted by Gasteiger charge is 2.13. The standard InChI is InChI=1S/C12H10ClNO5/c1-19-12(18)8-3-2-7(13)6-9(8)14-10(15)4-5-11(16)17/h2-6H,1H3,(H,14,15)(H,16,17)/b5-4+. The molecule has 0 spiro atoms. The summed E-state index contributed by atoms with van der Waals surface area (Å²) in [6, 6.07) is 4.22. The molecule has 2 N–H and O–H groups in total. The van der Waals surface area contributed by atoms with Crippen molar-refractivity contribution in [1.82, 2.24) is 0 Å². The average Bonchev–Trinajstić information content (AvgIpc) is 2.35. The van der Waals surface area contributed by atoms with Gasteiger partial charge in [-0.05, 0) is 18.2 Å². The van der Waals surface area contributed by atoms with E-state index in [0.29, 0.717) is 11.1 Å². The Hall–Kier alpha value is -2.34. The third kappa shape index (κ3) is 4.44. The van der Waals surface area contributed by atoms with Gasteiger partial charge in [0.15, 0.2) is 0 Å². The van der Waals surface area contributed by atoms with E-state index in [1.165, 1.54) is 25.3 Å². The smallest absolute Gasteiger partial charge is 0.339 e. The van der Waals surface area contributed by atoms with Crippen LogP contribution in [0.5, 0.6) is 0 Å². The Balaban J connectivity index is 2.99. The second kappa shape index (κ2) is 6.55. The zero-order chi connectivity index (χ0) is 14.4. The molecule has 0 saturated heterocycles. The highest BCUT2D eigenvalue weighted by atomic mass is 35.5. The van der Waals surface area contributed by atoms with Gasteiger partial charge in [0.05, 0.1) is 18.4 Å². The maximum absolute atomic E-state index is 11.5. The van der Waals surface area contributed by atoms with Crippen molar-refractivity contribution < 1.29 is 24.2 Å². The third-order valence-electron chi connectivity index (χ3n) is 2.02. The van der Waals surface area contributed by atoms with Crippen LogP contribution >= 0.6 is 11.6 Å². The highest BCUT2D eigenvalue weighted by Crippen LogP contribution is 2.21. The van der Waals surface area contributed by atoms with Crippen molar-refractivity contribution in [2.45, 2.75) is 0 Å². The first-order valence-electron chi connectivity index (χ1n) is 5.04. The van der Waals surface area contributed by atoms with E-state index in [1.54, 1.807) is 0 Å². The summed E-state index contributed by atoms with van der Waals surface area (Å²) in [6.45, 7) is 0. The minimum Gasteiger partial charge on any atom is -0.478 e. The van der Waals surface area contributed by atoms with Crippen LogP contribution in [0.15, 0.2) is 30.4 Å². The molecule has 7 heteroatoms. The maximum atomic E-state index is 11.5. The lowest BCUT2D eigenvalue weighted by molar-refractivity contribution is -0.131. The van der Waals surface area contributed by atoms with Crippen LogP contribution in [0.3, 0.4) is 0 Å². The predicted octanol–water partition coefficient (Wildman–Crippen LogP) is 1.71. The van der Waals surface area contributed by atoms with Crippen LogP contribution in [0.2, 0.25) is 5.02 Å². The maximum Gasteiger partial charge on any atom is 0.339 e. The molecule has 0 fully saturated rings. The molecular formula is C12H10ClNO5. The molecule has 0 aliphatic rings. The number of aliphatic carboxylic acids is 1. The summed E-state index contributed by atoms with van der Waals surface area (Å²) in [6.07, 6.45) is 1.50. The van der Waals surface area contributed by atoms with Gasteiger partial charge < -0.3 is 15.2 Å². The van der Waals surface area contributed by atoms with Gasteiger partial charge in [-0.25, -0.2) is 9.59 Å². The first kappa shape index (κ1) is 14.7. The predicted molar refractivity (Wildman–Crippen MR) is 68.2 cm³/mol. The molecule has 0 bridgehead atoms. The second-order valence-corrected chi connectivity index (χ2v) is 3.78. The lowest BCUT2D eigenvalue weighted by atomic mass is 10.1. The molecule has 1 amide bonds. The van der Waals surface area contributed by atoms with Crippen molar-refractivity contribution in [2.24, 2.45) is 0 Å². The quantitative estimate of drug-likeness (QED) is 0.648. The Kier molecular flexibility index (Phi) is 5.08. The minimum absolute atomic E-state index is 0.115. The number of rotatable bonds is 4. The number of hydrogen-bond donors (Lipinski definition) is 2. The molecule has 0 aromatic heterocycles. The molecular weight excluding hydrogens is 274 g/mol. The van der Waals surface area contributed by atoms with Crippen molar-refractivity contribution in [1.29, 1.82) is 0 Å². The first-order valence-corrected chi connectivity index (χ1v) is 5.41. The number of hydrogen-bond acceptors (Lipinski definition) is 4. The zero-order valence-corrected chi connectivity index (χ0v) is 10.6. The topological polar surface area (TPSA) is 92.7 Å². The highest BCUT2D eigenvalue weighted by molar-refractivity contribution is 6.31. The van der Waals surface area contributed by atoms with Gasteiger partial charge in [0.1, 0.15) is 0 Å². The van der Waals surface area contributed by atoms with Gasteiger partial charge in [-0.2, -0.15) is 0 Å². The van der Waals surface area contributed by atoms with E-state index < -0.39 is 17.8 Å². The van der Waals surface area contributed by atoms with Crippen LogP contribution in [-0.2, 0) is 14.3 Å². The van der Waals surface area contributed by atoms with Crippen LogP contribution in [0.1, 0.15) is 10.4 Å². The number of esters is 1. The monoisotopic (exact) mass is 283 g/mol. The number of nitrogens with one attached hydrogen (secondary N) is 1. The molecule has 0 aliphatic carbocycles. The molecule has 0 atom stereocenters. The van der Waals surface area contributed by atoms with Crippen LogP contribution < -0.4 is 5.32 Å². The lowest BCUT2D eigenvalue weighted by Gasteiger charge is -2.08. The summed E-state index contributed by atoms with van der Waals surface area (Å²) < 4.78 is 4.55. The van der Waals surface area contributed by atoms with Crippen LogP contribution in [0, 0.1) is 0 Å². The minimum atomic E-state index is -1.26. The van der Waals surface area contributed by atoms with Crippen LogP contribution in [0.25, 0.3) is 0 Å². The summed E-state index contributed by atoms with van der Waals surface area (Å²) >= 11 is 5.76. The number of benzene rings is 1. The zero-order valence-electron chi connectivity index (χ0n) is 9.84. The number of methoxy groups -OCH3 is 1. The number of carbonyl (C=O) groups excluding carboxylic acids is 2. The number of ether oxygens (including phenoxy) is 1. The summed E-state index contributed by atoms with van der Waals surface area (Å²) in [5.41, 5.74) is 0.253. The number of anilines is 1. The van der Waals surface area contributed by atoms with Gasteiger partial charge in [-0.15, -0.1) is 0 Å². The Morgan fingerprint density at radius 2 is 2.00 bits per heavy atom. The lowest BCUT2D eigenvalue weighted by Crippen LogP contribution is -2.13. The molecule has 1 rings (SSSR count). The van der Waals surface area contributed by atoms with Gasteiger partial charge in [0.2, 0.25) is 5.91 Å². The average molecular weight is 284 g/mol. The van der Waals surface area contributed by atoms with Gasteiger partial charge in [0.25, 0.3) is 0 Å². The molecule has 100 valence electrons. The molecule has 19 heavy (non-hydrogen) atoms. The van der Waals surface area contributed by atoms with E-state index in [9.17, 15) is 14.4 Å². The van der Waals surface area contributed by atoms with Crippen LogP contribution in [-0.4, -0.2) is 30.1 Å². The van der Waals surface area contributed by atoms with Crippen molar-refractivity contribution in [3.8, 4) is 0 Å². The van der Waals surface area contributed by atoms with Crippen molar-refractivity contribution >= 4 is 35.1 Å². The molecule has 1 aromatic carbocycles. The normalized spacial score (nSPS) is 10.2. The number of carboxylic acids is 1. The molecule has 0 unspecified atom stereocenters. The van der Waals surface area contributed by atoms with Crippen molar-refractivity contribution in [3.05, 3.63) is 40.9 Å². The van der Waals surface area contributed by atoms with Gasteiger partial charge in [0, 0.05) is 17.2 Å². The van der Waals surface area contributed by atoms with Crippen molar-refractivity contribution in [3.63, 3.8) is 0 Å². The summed E-state index contributed by atoms with van der Waals surface area (Å²) in [4.78, 5) is 33.2. The molecule has 0 radical (unpaired) electrons. The van der Waals surface area contributed by atoms with Crippen LogP contribution in [0.4, 0.5) is 5.69 Å². The molecule has 0 aliphatic heterocycles. The number of carbonyl (C=O) groups is 3. The molecule has 0 saturated carbocycles. The Bertz CT molecular complexity index is 553. The Morgan fingerprint density at radius 3 is 2.58 bits per heavy atom. The summed E-state index contributed by atoms with van der Waals surface area (Å²) in [5, 5.41) is 11.0. The summed E-state index contributed by atoms with van der Waals surface area (Å²) in [7, 11) is 1.20. The second-order valence-electron chi connectivity index (χ2n) is 3.34. The van der Waals surface area contributed by atoms with Gasteiger partial charge in [-0.1, -0.05) is 11.6 Å². The van der Waals surface area contributed by atoms with E-state index in [-0.39, 0.29) is 11.3 Å². The van der Waals surface area contributed by atoms with E-state index in [1.807, 2.05) is 0 Å².